The normalized spacial score (nSPS) is 7.83. The van der Waals surface area contributed by atoms with Crippen LogP contribution in [0.1, 0.15) is 19.7 Å². The first-order valence-corrected chi connectivity index (χ1v) is 6.25. The third-order valence-corrected chi connectivity index (χ3v) is 1.54. The molecule has 0 saturated heterocycles. The van der Waals surface area contributed by atoms with Gasteiger partial charge < -0.3 is 25.4 Å². The van der Waals surface area contributed by atoms with E-state index in [4.69, 9.17) is 20.4 Å². The third-order valence-electron chi connectivity index (χ3n) is 1.54. The molecule has 130 valence electrons. The highest BCUT2D eigenvalue weighted by Crippen LogP contribution is 1.86. The number of aromatic amines is 1. The number of H-pyrrole nitrogens is 1. The molecular weight excluding hydrogens is 304 g/mol. The van der Waals surface area contributed by atoms with E-state index in [0.717, 1.165) is 5.82 Å². The average molecular weight is 328 g/mol. The van der Waals surface area contributed by atoms with E-state index in [1.54, 1.807) is 18.5 Å². The molecule has 1 aromatic rings. The number of aromatic nitrogens is 2. The number of imidazole rings is 1. The lowest BCUT2D eigenvalue weighted by atomic mass is 10.4. The highest BCUT2D eigenvalue weighted by molar-refractivity contribution is 5.85. The van der Waals surface area contributed by atoms with Crippen molar-refractivity contribution in [3.05, 3.63) is 49.1 Å². The maximum absolute atomic E-state index is 9.60. The molecule has 0 aliphatic rings. The number of aliphatic hydroxyl groups excluding tert-OH is 2. The summed E-state index contributed by atoms with van der Waals surface area (Å²) in [5, 5.41) is 31.0. The molecule has 0 bridgehead atoms. The summed E-state index contributed by atoms with van der Waals surface area (Å²) in [6.45, 7) is 12.5. The lowest BCUT2D eigenvalue weighted by Crippen LogP contribution is -1.92. The second-order valence-corrected chi connectivity index (χ2v) is 3.80. The predicted molar refractivity (Wildman–Crippen MR) is 87.7 cm³/mol. The number of nitrogens with one attached hydrogen (secondary N) is 1. The quantitative estimate of drug-likeness (QED) is 0.524. The van der Waals surface area contributed by atoms with Crippen LogP contribution in [-0.4, -0.2) is 55.5 Å². The number of aliphatic hydroxyl groups is 2. The summed E-state index contributed by atoms with van der Waals surface area (Å²) in [5.41, 5.74) is 0.352. The third kappa shape index (κ3) is 24.7. The molecule has 1 rings (SSSR count). The first-order valence-electron chi connectivity index (χ1n) is 6.25. The Morgan fingerprint density at radius 2 is 1.48 bits per heavy atom. The van der Waals surface area contributed by atoms with E-state index in [9.17, 15) is 9.59 Å². The Morgan fingerprint density at radius 3 is 1.57 bits per heavy atom. The van der Waals surface area contributed by atoms with Gasteiger partial charge in [0.2, 0.25) is 0 Å². The Hall–Kier alpha value is -2.71. The van der Waals surface area contributed by atoms with Gasteiger partial charge in [-0.3, -0.25) is 0 Å². The van der Waals surface area contributed by atoms with E-state index in [1.165, 1.54) is 13.8 Å². The molecule has 0 saturated carbocycles. The minimum atomic E-state index is -0.935. The van der Waals surface area contributed by atoms with Crippen LogP contribution in [0.5, 0.6) is 0 Å². The number of aliphatic carboxylic acids is 2. The Labute approximate surface area is 135 Å². The van der Waals surface area contributed by atoms with Gasteiger partial charge in [0.25, 0.3) is 0 Å². The fourth-order valence-corrected chi connectivity index (χ4v) is 0.389. The van der Waals surface area contributed by atoms with Crippen LogP contribution in [0.15, 0.2) is 43.3 Å². The van der Waals surface area contributed by atoms with Gasteiger partial charge in [-0.25, -0.2) is 14.6 Å². The molecule has 8 nitrogen and oxygen atoms in total. The summed E-state index contributed by atoms with van der Waals surface area (Å²) >= 11 is 0. The molecule has 0 atom stereocenters. The van der Waals surface area contributed by atoms with Gasteiger partial charge in [0.05, 0.1) is 13.2 Å². The van der Waals surface area contributed by atoms with Gasteiger partial charge >= 0.3 is 11.9 Å². The van der Waals surface area contributed by atoms with Crippen LogP contribution in [0, 0.1) is 0 Å². The molecular formula is C15H24N2O6. The number of nitrogens with zero attached hydrogens (tertiary/aromatic N) is 1. The van der Waals surface area contributed by atoms with Gasteiger partial charge in [0.1, 0.15) is 5.82 Å². The molecule has 0 fully saturated rings. The predicted octanol–water partition coefficient (Wildman–Crippen LogP) is 1.32. The highest BCUT2D eigenvalue weighted by atomic mass is 16.4. The van der Waals surface area contributed by atoms with Crippen LogP contribution in [-0.2, 0) is 9.59 Å². The maximum atomic E-state index is 9.60. The van der Waals surface area contributed by atoms with Gasteiger partial charge in [0, 0.05) is 23.5 Å². The Morgan fingerprint density at radius 1 is 1.13 bits per heavy atom. The SMILES string of the molecule is C=C(C)C(=O)O.C=C(C)C(=O)O.C=Cc1ncc[nH]1.OCCO. The van der Waals surface area contributed by atoms with Gasteiger partial charge in [-0.2, -0.15) is 0 Å². The first kappa shape index (κ1) is 25.3. The van der Waals surface area contributed by atoms with E-state index in [1.807, 2.05) is 0 Å². The molecule has 8 heteroatoms. The van der Waals surface area contributed by atoms with E-state index in [2.05, 4.69) is 29.7 Å². The molecule has 23 heavy (non-hydrogen) atoms. The van der Waals surface area contributed by atoms with Gasteiger partial charge in [-0.15, -0.1) is 0 Å². The minimum absolute atomic E-state index is 0.125. The number of carboxylic acids is 2. The highest BCUT2D eigenvalue weighted by Gasteiger charge is 1.90. The first-order chi connectivity index (χ1) is 10.6. The lowest BCUT2D eigenvalue weighted by molar-refractivity contribution is -0.133. The van der Waals surface area contributed by atoms with Crippen molar-refractivity contribution in [3.63, 3.8) is 0 Å². The van der Waals surface area contributed by atoms with E-state index >= 15 is 0 Å². The number of carbonyl (C=O) groups is 2. The zero-order valence-electron chi connectivity index (χ0n) is 13.3. The number of hydrogen-bond acceptors (Lipinski definition) is 5. The van der Waals surface area contributed by atoms with Crippen LogP contribution in [0.4, 0.5) is 0 Å². The molecule has 0 unspecified atom stereocenters. The van der Waals surface area contributed by atoms with Crippen molar-refractivity contribution >= 4 is 18.0 Å². The molecule has 0 aliphatic carbocycles. The summed E-state index contributed by atoms with van der Waals surface area (Å²) < 4.78 is 0. The largest absolute Gasteiger partial charge is 0.478 e. The van der Waals surface area contributed by atoms with Crippen LogP contribution >= 0.6 is 0 Å². The molecule has 0 amide bonds. The summed E-state index contributed by atoms with van der Waals surface area (Å²) in [6.07, 6.45) is 5.12. The van der Waals surface area contributed by atoms with Crippen LogP contribution in [0.2, 0.25) is 0 Å². The smallest absolute Gasteiger partial charge is 0.330 e. The molecule has 1 aromatic heterocycles. The lowest BCUT2D eigenvalue weighted by Gasteiger charge is -1.79. The average Bonchev–Trinajstić information content (AvgIpc) is 3.02. The second kappa shape index (κ2) is 17.3. The van der Waals surface area contributed by atoms with Crippen molar-refractivity contribution in [2.24, 2.45) is 0 Å². The molecule has 0 spiro atoms. The van der Waals surface area contributed by atoms with Gasteiger partial charge in [-0.05, 0) is 19.9 Å². The second-order valence-electron chi connectivity index (χ2n) is 3.80. The monoisotopic (exact) mass is 328 g/mol. The summed E-state index contributed by atoms with van der Waals surface area (Å²) in [4.78, 5) is 25.9. The number of hydrogen-bond donors (Lipinski definition) is 5. The zero-order chi connectivity index (χ0) is 18.8. The van der Waals surface area contributed by atoms with E-state index in [-0.39, 0.29) is 24.4 Å². The van der Waals surface area contributed by atoms with Crippen molar-refractivity contribution in [2.75, 3.05) is 13.2 Å². The minimum Gasteiger partial charge on any atom is -0.478 e. The van der Waals surface area contributed by atoms with Crippen molar-refractivity contribution in [1.29, 1.82) is 0 Å². The maximum Gasteiger partial charge on any atom is 0.330 e. The van der Waals surface area contributed by atoms with Crippen molar-refractivity contribution < 1.29 is 30.0 Å². The molecule has 0 radical (unpaired) electrons. The van der Waals surface area contributed by atoms with Crippen LogP contribution < -0.4 is 0 Å². The Bertz CT molecular complexity index is 430. The van der Waals surface area contributed by atoms with E-state index in [0.29, 0.717) is 0 Å². The molecule has 0 aromatic carbocycles. The summed E-state index contributed by atoms with van der Waals surface area (Å²) in [7, 11) is 0. The Balaban J connectivity index is -0.000000237. The standard InChI is InChI=1S/C5H6N2.2C4H6O2.C2H6O2/c1-2-5-6-3-4-7-5;2*1-3(2)4(5)6;3-1-2-4/h2-4H,1H2,(H,6,7);2*1H2,2H3,(H,5,6);3-4H,1-2H2. The topological polar surface area (TPSA) is 144 Å². The summed E-state index contributed by atoms with van der Waals surface area (Å²) in [6, 6.07) is 0. The summed E-state index contributed by atoms with van der Waals surface area (Å²) in [5.74, 6) is -1.05. The van der Waals surface area contributed by atoms with Crippen molar-refractivity contribution in [2.45, 2.75) is 13.8 Å². The van der Waals surface area contributed by atoms with Crippen LogP contribution in [0.3, 0.4) is 0 Å². The van der Waals surface area contributed by atoms with Crippen LogP contribution in [0.25, 0.3) is 6.08 Å². The molecule has 0 aliphatic heterocycles. The molecule has 1 heterocycles. The number of rotatable bonds is 4. The number of carboxylic acid groups (broad SMARTS) is 2. The zero-order valence-corrected chi connectivity index (χ0v) is 13.3. The van der Waals surface area contributed by atoms with Gasteiger partial charge in [-0.1, -0.05) is 19.7 Å². The van der Waals surface area contributed by atoms with Gasteiger partial charge in [0.15, 0.2) is 0 Å². The molecule has 5 N–H and O–H groups in total. The Kier molecular flexibility index (Phi) is 19.0. The fourth-order valence-electron chi connectivity index (χ4n) is 0.389. The van der Waals surface area contributed by atoms with Crippen molar-refractivity contribution in [3.8, 4) is 0 Å². The van der Waals surface area contributed by atoms with Crippen molar-refractivity contribution in [1.82, 2.24) is 9.97 Å². The fraction of sp³-hybridized carbons (Fsp3) is 0.267. The van der Waals surface area contributed by atoms with E-state index < -0.39 is 11.9 Å².